The van der Waals surface area contributed by atoms with Gasteiger partial charge >= 0.3 is 0 Å². The number of hydrogen-bond acceptors (Lipinski definition) is 3. The topological polar surface area (TPSA) is 67.4 Å². The van der Waals surface area contributed by atoms with Gasteiger partial charge in [0.05, 0.1) is 6.61 Å². The molecule has 0 unspecified atom stereocenters. The number of benzene rings is 2. The Kier molecular flexibility index (Phi) is 5.33. The number of carbonyl (C=O) groups is 2. The van der Waals surface area contributed by atoms with Crippen LogP contribution in [-0.4, -0.2) is 18.4 Å². The summed E-state index contributed by atoms with van der Waals surface area (Å²) in [6, 6.07) is 14.2. The molecule has 5 heteroatoms. The predicted molar refractivity (Wildman–Crippen MR) is 95.4 cm³/mol. The number of rotatable bonds is 6. The zero-order valence-corrected chi connectivity index (χ0v) is 14.2. The first kappa shape index (κ1) is 17.0. The van der Waals surface area contributed by atoms with Crippen molar-refractivity contribution in [2.45, 2.75) is 26.2 Å². The van der Waals surface area contributed by atoms with Gasteiger partial charge in [0, 0.05) is 11.1 Å². The fourth-order valence-electron chi connectivity index (χ4n) is 2.35. The van der Waals surface area contributed by atoms with Crippen LogP contribution in [0.25, 0.3) is 0 Å². The Morgan fingerprint density at radius 3 is 1.92 bits per heavy atom. The van der Waals surface area contributed by atoms with Gasteiger partial charge < -0.3 is 4.74 Å². The van der Waals surface area contributed by atoms with Crippen LogP contribution < -0.4 is 15.6 Å². The van der Waals surface area contributed by atoms with E-state index in [0.717, 1.165) is 24.3 Å². The molecule has 5 nitrogen and oxygen atoms in total. The molecular weight excluding hydrogens is 316 g/mol. The molecule has 1 aliphatic rings. The number of amides is 2. The summed E-state index contributed by atoms with van der Waals surface area (Å²) in [5, 5.41) is 0. The van der Waals surface area contributed by atoms with Gasteiger partial charge in [0.25, 0.3) is 11.8 Å². The minimum atomic E-state index is -0.368. The maximum Gasteiger partial charge on any atom is 0.269 e. The van der Waals surface area contributed by atoms with Crippen LogP contribution in [0.3, 0.4) is 0 Å². The summed E-state index contributed by atoms with van der Waals surface area (Å²) in [7, 11) is 0. The Morgan fingerprint density at radius 1 is 0.920 bits per heavy atom. The lowest BCUT2D eigenvalue weighted by molar-refractivity contribution is 0.0846. The first-order valence-electron chi connectivity index (χ1n) is 8.58. The molecule has 0 saturated heterocycles. The molecule has 1 fully saturated rings. The van der Waals surface area contributed by atoms with Gasteiger partial charge in [-0.2, -0.15) is 0 Å². The van der Waals surface area contributed by atoms with Gasteiger partial charge in [0.2, 0.25) is 0 Å². The van der Waals surface area contributed by atoms with E-state index < -0.39 is 0 Å². The van der Waals surface area contributed by atoms with Crippen molar-refractivity contribution in [1.29, 1.82) is 0 Å². The molecule has 0 bridgehead atoms. The van der Waals surface area contributed by atoms with E-state index in [2.05, 4.69) is 17.8 Å². The van der Waals surface area contributed by atoms with E-state index in [9.17, 15) is 9.59 Å². The van der Waals surface area contributed by atoms with E-state index in [1.807, 2.05) is 12.1 Å². The van der Waals surface area contributed by atoms with Crippen molar-refractivity contribution in [2.75, 3.05) is 6.61 Å². The third-order valence-electron chi connectivity index (χ3n) is 4.21. The van der Waals surface area contributed by atoms with Crippen LogP contribution in [0.4, 0.5) is 0 Å². The fourth-order valence-corrected chi connectivity index (χ4v) is 2.35. The summed E-state index contributed by atoms with van der Waals surface area (Å²) in [5.74, 6) is 0.723. The standard InChI is InChI=1S/C20H22N2O3/c1-2-14-5-7-16(8-6-14)19(23)21-22-20(24)17-9-11-18(12-10-17)25-13-15-3-4-15/h5-12,15H,2-4,13H2,1H3,(H,21,23)(H,22,24). The van der Waals surface area contributed by atoms with E-state index in [4.69, 9.17) is 4.74 Å². The minimum Gasteiger partial charge on any atom is -0.493 e. The Balaban J connectivity index is 1.49. The monoisotopic (exact) mass is 338 g/mol. The van der Waals surface area contributed by atoms with Gasteiger partial charge in [0.15, 0.2) is 0 Å². The lowest BCUT2D eigenvalue weighted by Crippen LogP contribution is -2.41. The van der Waals surface area contributed by atoms with Crippen LogP contribution in [0.1, 0.15) is 46.0 Å². The molecule has 3 rings (SSSR count). The highest BCUT2D eigenvalue weighted by Crippen LogP contribution is 2.29. The third kappa shape index (κ3) is 4.83. The summed E-state index contributed by atoms with van der Waals surface area (Å²) in [6.45, 7) is 2.79. The molecule has 0 aliphatic heterocycles. The Morgan fingerprint density at radius 2 is 1.44 bits per heavy atom. The molecule has 2 aromatic rings. The fraction of sp³-hybridized carbons (Fsp3) is 0.300. The largest absolute Gasteiger partial charge is 0.493 e. The summed E-state index contributed by atoms with van der Waals surface area (Å²) in [5.41, 5.74) is 6.97. The molecule has 2 aromatic carbocycles. The normalized spacial score (nSPS) is 13.2. The zero-order valence-electron chi connectivity index (χ0n) is 14.2. The van der Waals surface area contributed by atoms with E-state index >= 15 is 0 Å². The van der Waals surface area contributed by atoms with Crippen molar-refractivity contribution in [1.82, 2.24) is 10.9 Å². The number of aryl methyl sites for hydroxylation is 1. The van der Waals surface area contributed by atoms with Crippen molar-refractivity contribution >= 4 is 11.8 Å². The molecule has 25 heavy (non-hydrogen) atoms. The maximum atomic E-state index is 12.1. The van der Waals surface area contributed by atoms with Crippen LogP contribution >= 0.6 is 0 Å². The SMILES string of the molecule is CCc1ccc(C(=O)NNC(=O)c2ccc(OCC3CC3)cc2)cc1. The molecule has 130 valence electrons. The van der Waals surface area contributed by atoms with Gasteiger partial charge in [-0.05, 0) is 67.1 Å². The second kappa shape index (κ2) is 7.83. The van der Waals surface area contributed by atoms with E-state index in [1.54, 1.807) is 36.4 Å². The zero-order chi connectivity index (χ0) is 17.6. The van der Waals surface area contributed by atoms with Crippen LogP contribution in [0.5, 0.6) is 5.75 Å². The first-order valence-corrected chi connectivity index (χ1v) is 8.58. The smallest absolute Gasteiger partial charge is 0.269 e. The van der Waals surface area contributed by atoms with Crippen molar-refractivity contribution in [3.05, 3.63) is 65.2 Å². The van der Waals surface area contributed by atoms with Gasteiger partial charge in [-0.1, -0.05) is 19.1 Å². The average Bonchev–Trinajstić information content (AvgIpc) is 3.49. The molecule has 2 N–H and O–H groups in total. The Labute approximate surface area is 147 Å². The second-order valence-electron chi connectivity index (χ2n) is 6.24. The van der Waals surface area contributed by atoms with E-state index in [-0.39, 0.29) is 11.8 Å². The molecule has 0 heterocycles. The molecule has 0 radical (unpaired) electrons. The summed E-state index contributed by atoms with van der Waals surface area (Å²) < 4.78 is 5.64. The predicted octanol–water partition coefficient (Wildman–Crippen LogP) is 3.11. The van der Waals surface area contributed by atoms with E-state index in [0.29, 0.717) is 17.0 Å². The van der Waals surface area contributed by atoms with Crippen molar-refractivity contribution in [3.8, 4) is 5.75 Å². The highest BCUT2D eigenvalue weighted by atomic mass is 16.5. The lowest BCUT2D eigenvalue weighted by Gasteiger charge is -2.09. The molecular formula is C20H22N2O3. The molecule has 0 atom stereocenters. The summed E-state index contributed by atoms with van der Waals surface area (Å²) >= 11 is 0. The molecule has 0 spiro atoms. The van der Waals surface area contributed by atoms with Crippen LogP contribution in [0.2, 0.25) is 0 Å². The number of ether oxygens (including phenoxy) is 1. The molecule has 0 aromatic heterocycles. The Bertz CT molecular complexity index is 735. The molecule has 1 saturated carbocycles. The Hall–Kier alpha value is -2.82. The van der Waals surface area contributed by atoms with Gasteiger partial charge in [-0.3, -0.25) is 20.4 Å². The average molecular weight is 338 g/mol. The van der Waals surface area contributed by atoms with Crippen LogP contribution in [-0.2, 0) is 6.42 Å². The first-order chi connectivity index (χ1) is 12.2. The van der Waals surface area contributed by atoms with Crippen molar-refractivity contribution in [3.63, 3.8) is 0 Å². The third-order valence-corrected chi connectivity index (χ3v) is 4.21. The highest BCUT2D eigenvalue weighted by molar-refractivity contribution is 5.99. The van der Waals surface area contributed by atoms with Gasteiger partial charge in [-0.25, -0.2) is 0 Å². The van der Waals surface area contributed by atoms with Gasteiger partial charge in [0.1, 0.15) is 5.75 Å². The van der Waals surface area contributed by atoms with Gasteiger partial charge in [-0.15, -0.1) is 0 Å². The maximum absolute atomic E-state index is 12.1. The van der Waals surface area contributed by atoms with E-state index in [1.165, 1.54) is 12.8 Å². The number of hydrazine groups is 1. The number of nitrogens with one attached hydrogen (secondary N) is 2. The summed E-state index contributed by atoms with van der Waals surface area (Å²) in [6.07, 6.45) is 3.39. The second-order valence-corrected chi connectivity index (χ2v) is 6.24. The van der Waals surface area contributed by atoms with Crippen LogP contribution in [0.15, 0.2) is 48.5 Å². The number of carbonyl (C=O) groups excluding carboxylic acids is 2. The molecule has 1 aliphatic carbocycles. The van der Waals surface area contributed by atoms with Crippen LogP contribution in [0, 0.1) is 5.92 Å². The minimum absolute atomic E-state index is 0.347. The number of hydrogen-bond donors (Lipinski definition) is 2. The lowest BCUT2D eigenvalue weighted by atomic mass is 10.1. The van der Waals surface area contributed by atoms with Crippen molar-refractivity contribution in [2.24, 2.45) is 5.92 Å². The highest BCUT2D eigenvalue weighted by Gasteiger charge is 2.21. The quantitative estimate of drug-likeness (QED) is 0.795. The van der Waals surface area contributed by atoms with Crippen molar-refractivity contribution < 1.29 is 14.3 Å². The summed E-state index contributed by atoms with van der Waals surface area (Å²) in [4.78, 5) is 24.1. The molecule has 2 amide bonds.